The van der Waals surface area contributed by atoms with Crippen molar-refractivity contribution in [3.8, 4) is 11.1 Å². The van der Waals surface area contributed by atoms with Crippen molar-refractivity contribution in [2.75, 3.05) is 0 Å². The molecule has 2 N–H and O–H groups in total. The number of hydrogen-bond donors (Lipinski definition) is 1. The number of nitrogens with two attached hydrogens (primary N) is 1. The van der Waals surface area contributed by atoms with Crippen molar-refractivity contribution in [2.45, 2.75) is 13.8 Å². The van der Waals surface area contributed by atoms with E-state index >= 15 is 0 Å². The molecule has 2 aromatic carbocycles. The Labute approximate surface area is 107 Å². The summed E-state index contributed by atoms with van der Waals surface area (Å²) >= 11 is 5.00. The van der Waals surface area contributed by atoms with Gasteiger partial charge in [0.2, 0.25) is 0 Å². The lowest BCUT2D eigenvalue weighted by atomic mass is 9.99. The summed E-state index contributed by atoms with van der Waals surface area (Å²) in [5.41, 5.74) is 11.5. The maximum Gasteiger partial charge on any atom is 0.104 e. The lowest BCUT2D eigenvalue weighted by Crippen LogP contribution is -2.08. The normalized spacial score (nSPS) is 10.2. The molecule has 0 saturated heterocycles. The highest BCUT2D eigenvalue weighted by atomic mass is 32.1. The quantitative estimate of drug-likeness (QED) is 0.813. The fraction of sp³-hybridized carbons (Fsp3) is 0.133. The van der Waals surface area contributed by atoms with Crippen molar-refractivity contribution in [3.63, 3.8) is 0 Å². The molecule has 1 nitrogen and oxygen atoms in total. The molecule has 0 radical (unpaired) electrons. The van der Waals surface area contributed by atoms with E-state index in [2.05, 4.69) is 38.1 Å². The summed E-state index contributed by atoms with van der Waals surface area (Å²) in [6.07, 6.45) is 0. The molecule has 0 spiro atoms. The summed E-state index contributed by atoms with van der Waals surface area (Å²) < 4.78 is 0. The minimum Gasteiger partial charge on any atom is -0.389 e. The van der Waals surface area contributed by atoms with E-state index in [9.17, 15) is 0 Å². The number of benzene rings is 2. The molecule has 0 aromatic heterocycles. The Morgan fingerprint density at radius 1 is 0.941 bits per heavy atom. The van der Waals surface area contributed by atoms with Gasteiger partial charge in [-0.1, -0.05) is 48.6 Å². The summed E-state index contributed by atoms with van der Waals surface area (Å²) in [7, 11) is 0. The SMILES string of the molecule is Cc1ccc(-c2cccc(C(N)=S)c2)cc1C. The Morgan fingerprint density at radius 2 is 1.65 bits per heavy atom. The van der Waals surface area contributed by atoms with Gasteiger partial charge in [-0.25, -0.2) is 0 Å². The standard InChI is InChI=1S/C15H15NS/c1-10-6-7-13(8-11(10)2)12-4-3-5-14(9-12)15(16)17/h3-9H,1-2H3,(H2,16,17). The molecule has 0 atom stereocenters. The molecule has 0 unspecified atom stereocenters. The molecule has 0 fully saturated rings. The van der Waals surface area contributed by atoms with Crippen LogP contribution in [0.3, 0.4) is 0 Å². The maximum atomic E-state index is 5.65. The van der Waals surface area contributed by atoms with Gasteiger partial charge in [0.1, 0.15) is 4.99 Å². The zero-order chi connectivity index (χ0) is 12.4. The van der Waals surface area contributed by atoms with Crippen molar-refractivity contribution < 1.29 is 0 Å². The summed E-state index contributed by atoms with van der Waals surface area (Å²) in [5, 5.41) is 0. The van der Waals surface area contributed by atoms with Crippen LogP contribution >= 0.6 is 12.2 Å². The van der Waals surface area contributed by atoms with Crippen molar-refractivity contribution in [1.29, 1.82) is 0 Å². The fourth-order valence-electron chi connectivity index (χ4n) is 1.77. The largest absolute Gasteiger partial charge is 0.389 e. The van der Waals surface area contributed by atoms with Crippen molar-refractivity contribution in [1.82, 2.24) is 0 Å². The lowest BCUT2D eigenvalue weighted by Gasteiger charge is -2.07. The lowest BCUT2D eigenvalue weighted by molar-refractivity contribution is 1.34. The zero-order valence-electron chi connectivity index (χ0n) is 10.0. The first-order chi connectivity index (χ1) is 8.08. The second kappa shape index (κ2) is 4.68. The first-order valence-corrected chi connectivity index (χ1v) is 5.96. The summed E-state index contributed by atoms with van der Waals surface area (Å²) in [4.78, 5) is 0.440. The average molecular weight is 241 g/mol. The van der Waals surface area contributed by atoms with Crippen LogP contribution in [0.1, 0.15) is 16.7 Å². The minimum atomic E-state index is 0.440. The van der Waals surface area contributed by atoms with E-state index in [4.69, 9.17) is 18.0 Å². The van der Waals surface area contributed by atoms with Gasteiger partial charge >= 0.3 is 0 Å². The van der Waals surface area contributed by atoms with Gasteiger partial charge in [-0.05, 0) is 42.2 Å². The predicted molar refractivity (Wildman–Crippen MR) is 77.2 cm³/mol. The van der Waals surface area contributed by atoms with Crippen LogP contribution in [-0.4, -0.2) is 4.99 Å². The second-order valence-corrected chi connectivity index (χ2v) is 4.68. The summed E-state index contributed by atoms with van der Waals surface area (Å²) in [6, 6.07) is 14.5. The Morgan fingerprint density at radius 3 is 2.29 bits per heavy atom. The number of hydrogen-bond acceptors (Lipinski definition) is 1. The third-order valence-corrected chi connectivity index (χ3v) is 3.22. The second-order valence-electron chi connectivity index (χ2n) is 4.24. The van der Waals surface area contributed by atoms with Gasteiger partial charge in [0.15, 0.2) is 0 Å². The first kappa shape index (κ1) is 11.8. The minimum absolute atomic E-state index is 0.440. The van der Waals surface area contributed by atoms with Crippen LogP contribution in [0.2, 0.25) is 0 Å². The Balaban J connectivity index is 2.49. The number of thiocarbonyl (C=S) groups is 1. The third-order valence-electron chi connectivity index (χ3n) is 2.99. The van der Waals surface area contributed by atoms with Crippen LogP contribution in [-0.2, 0) is 0 Å². The van der Waals surface area contributed by atoms with Crippen LogP contribution in [0.5, 0.6) is 0 Å². The van der Waals surface area contributed by atoms with Crippen molar-refractivity contribution >= 4 is 17.2 Å². The van der Waals surface area contributed by atoms with E-state index in [1.165, 1.54) is 16.7 Å². The molecule has 2 rings (SSSR count). The van der Waals surface area contributed by atoms with E-state index < -0.39 is 0 Å². The highest BCUT2D eigenvalue weighted by Crippen LogP contribution is 2.23. The van der Waals surface area contributed by atoms with Crippen LogP contribution in [0.4, 0.5) is 0 Å². The van der Waals surface area contributed by atoms with E-state index in [1.807, 2.05) is 18.2 Å². The highest BCUT2D eigenvalue weighted by molar-refractivity contribution is 7.80. The van der Waals surface area contributed by atoms with Gasteiger partial charge < -0.3 is 5.73 Å². The molecule has 0 amide bonds. The van der Waals surface area contributed by atoms with Gasteiger partial charge in [0, 0.05) is 5.56 Å². The zero-order valence-corrected chi connectivity index (χ0v) is 10.8. The molecule has 0 heterocycles. The monoisotopic (exact) mass is 241 g/mol. The topological polar surface area (TPSA) is 26.0 Å². The van der Waals surface area contributed by atoms with Crippen LogP contribution < -0.4 is 5.73 Å². The fourth-order valence-corrected chi connectivity index (χ4v) is 1.90. The molecule has 0 aliphatic carbocycles. The first-order valence-electron chi connectivity index (χ1n) is 5.55. The molecule has 86 valence electrons. The Bertz CT molecular complexity index is 573. The summed E-state index contributed by atoms with van der Waals surface area (Å²) in [5.74, 6) is 0. The molecule has 0 saturated carbocycles. The molecule has 0 aliphatic rings. The molecule has 17 heavy (non-hydrogen) atoms. The Hall–Kier alpha value is -1.67. The van der Waals surface area contributed by atoms with Crippen molar-refractivity contribution in [2.24, 2.45) is 5.73 Å². The number of aryl methyl sites for hydroxylation is 2. The average Bonchev–Trinajstić information content (AvgIpc) is 2.33. The van der Waals surface area contributed by atoms with E-state index in [0.717, 1.165) is 11.1 Å². The predicted octanol–water partition coefficient (Wildman–Crippen LogP) is 3.60. The van der Waals surface area contributed by atoms with Crippen molar-refractivity contribution in [3.05, 3.63) is 59.2 Å². The van der Waals surface area contributed by atoms with Gasteiger partial charge in [0.05, 0.1) is 0 Å². The number of rotatable bonds is 2. The van der Waals surface area contributed by atoms with Gasteiger partial charge in [-0.2, -0.15) is 0 Å². The highest BCUT2D eigenvalue weighted by Gasteiger charge is 2.02. The van der Waals surface area contributed by atoms with Gasteiger partial charge in [-0.15, -0.1) is 0 Å². The maximum absolute atomic E-state index is 5.65. The molecule has 2 heteroatoms. The molecule has 0 aliphatic heterocycles. The molecular weight excluding hydrogens is 226 g/mol. The Kier molecular flexibility index (Phi) is 3.25. The molecule has 2 aromatic rings. The summed E-state index contributed by atoms with van der Waals surface area (Å²) in [6.45, 7) is 4.24. The molecular formula is C15H15NS. The van der Waals surface area contributed by atoms with E-state index in [-0.39, 0.29) is 0 Å². The third kappa shape index (κ3) is 2.53. The van der Waals surface area contributed by atoms with Crippen LogP contribution in [0.25, 0.3) is 11.1 Å². The van der Waals surface area contributed by atoms with Crippen LogP contribution in [0, 0.1) is 13.8 Å². The van der Waals surface area contributed by atoms with E-state index in [0.29, 0.717) is 4.99 Å². The molecule has 0 bridgehead atoms. The van der Waals surface area contributed by atoms with E-state index in [1.54, 1.807) is 0 Å². The van der Waals surface area contributed by atoms with Gasteiger partial charge in [0.25, 0.3) is 0 Å². The smallest absolute Gasteiger partial charge is 0.104 e. The van der Waals surface area contributed by atoms with Crippen LogP contribution in [0.15, 0.2) is 42.5 Å². The van der Waals surface area contributed by atoms with Gasteiger partial charge in [-0.3, -0.25) is 0 Å².